The van der Waals surface area contributed by atoms with Crippen LogP contribution in [0.5, 0.6) is 0 Å². The molecule has 1 atom stereocenters. The topological polar surface area (TPSA) is 62.1 Å². The number of ether oxygens (including phenoxy) is 1. The third-order valence-electron chi connectivity index (χ3n) is 2.92. The van der Waals surface area contributed by atoms with Gasteiger partial charge in [0.2, 0.25) is 0 Å². The van der Waals surface area contributed by atoms with E-state index in [-0.39, 0.29) is 11.5 Å². The van der Waals surface area contributed by atoms with Gasteiger partial charge in [0, 0.05) is 6.54 Å². The van der Waals surface area contributed by atoms with Crippen LogP contribution >= 0.6 is 0 Å². The van der Waals surface area contributed by atoms with Crippen molar-refractivity contribution in [3.05, 3.63) is 35.1 Å². The summed E-state index contributed by atoms with van der Waals surface area (Å²) in [5.41, 5.74) is 0.928. The van der Waals surface area contributed by atoms with E-state index in [1.165, 1.54) is 19.2 Å². The van der Waals surface area contributed by atoms with Gasteiger partial charge in [-0.1, -0.05) is 19.9 Å². The quantitative estimate of drug-likeness (QED) is 0.811. The van der Waals surface area contributed by atoms with E-state index in [1.807, 2.05) is 19.9 Å². The first-order valence-corrected chi connectivity index (χ1v) is 6.47. The maximum Gasteiger partial charge on any atom is 0.322 e. The Morgan fingerprint density at radius 2 is 2.20 bits per heavy atom. The average molecular weight is 278 g/mol. The number of esters is 1. The number of halogens is 1. The first-order valence-electron chi connectivity index (χ1n) is 6.47. The highest BCUT2D eigenvalue weighted by atomic mass is 19.1. The molecule has 1 rings (SSSR count). The molecule has 1 N–H and O–H groups in total. The lowest BCUT2D eigenvalue weighted by atomic mass is 10.0. The van der Waals surface area contributed by atoms with E-state index in [0.717, 1.165) is 0 Å². The number of hydrogen-bond acceptors (Lipinski definition) is 4. The minimum absolute atomic E-state index is 0.269. The molecular formula is C15H19FN2O2. The number of nitriles is 1. The van der Waals surface area contributed by atoms with E-state index < -0.39 is 11.9 Å². The zero-order valence-corrected chi connectivity index (χ0v) is 11.9. The van der Waals surface area contributed by atoms with Gasteiger partial charge in [-0.05, 0) is 30.0 Å². The first-order chi connectivity index (χ1) is 9.47. The van der Waals surface area contributed by atoms with Gasteiger partial charge in [0.05, 0.1) is 18.7 Å². The van der Waals surface area contributed by atoms with E-state index in [0.29, 0.717) is 24.4 Å². The Bertz CT molecular complexity index is 509. The fourth-order valence-electron chi connectivity index (χ4n) is 1.92. The lowest BCUT2D eigenvalue weighted by Gasteiger charge is -2.18. The molecule has 1 aromatic rings. The largest absolute Gasteiger partial charge is 0.468 e. The molecule has 0 radical (unpaired) electrons. The third kappa shape index (κ3) is 4.63. The highest BCUT2D eigenvalue weighted by molar-refractivity contribution is 5.75. The molecule has 0 bridgehead atoms. The van der Waals surface area contributed by atoms with E-state index in [4.69, 9.17) is 10.00 Å². The van der Waals surface area contributed by atoms with E-state index in [1.54, 1.807) is 6.07 Å². The molecule has 5 heteroatoms. The number of carbonyl (C=O) groups is 1. The smallest absolute Gasteiger partial charge is 0.322 e. The Kier molecular flexibility index (Phi) is 6.13. The van der Waals surface area contributed by atoms with Crippen molar-refractivity contribution in [2.45, 2.75) is 32.9 Å². The molecule has 0 saturated heterocycles. The van der Waals surface area contributed by atoms with Crippen LogP contribution in [0.15, 0.2) is 18.2 Å². The summed E-state index contributed by atoms with van der Waals surface area (Å²) < 4.78 is 17.8. The summed E-state index contributed by atoms with van der Waals surface area (Å²) in [4.78, 5) is 11.7. The summed E-state index contributed by atoms with van der Waals surface area (Å²) in [6.45, 7) is 4.34. The number of nitrogens with zero attached hydrogens (tertiary/aromatic N) is 1. The number of benzene rings is 1. The fourth-order valence-corrected chi connectivity index (χ4v) is 1.92. The summed E-state index contributed by atoms with van der Waals surface area (Å²) in [6.07, 6.45) is 0.635. The van der Waals surface area contributed by atoms with E-state index in [2.05, 4.69) is 5.32 Å². The minimum Gasteiger partial charge on any atom is -0.468 e. The molecule has 0 spiro atoms. The van der Waals surface area contributed by atoms with Crippen molar-refractivity contribution in [1.82, 2.24) is 5.32 Å². The van der Waals surface area contributed by atoms with Crippen molar-refractivity contribution in [2.75, 3.05) is 7.11 Å². The van der Waals surface area contributed by atoms with E-state index in [9.17, 15) is 9.18 Å². The third-order valence-corrected chi connectivity index (χ3v) is 2.92. The summed E-state index contributed by atoms with van der Waals surface area (Å²) in [7, 11) is 1.34. The second kappa shape index (κ2) is 7.61. The second-order valence-corrected chi connectivity index (χ2v) is 5.00. The van der Waals surface area contributed by atoms with E-state index >= 15 is 0 Å². The number of hydrogen-bond donors (Lipinski definition) is 1. The summed E-state index contributed by atoms with van der Waals surface area (Å²) >= 11 is 0. The van der Waals surface area contributed by atoms with Gasteiger partial charge in [-0.3, -0.25) is 4.79 Å². The molecule has 4 nitrogen and oxygen atoms in total. The number of methoxy groups -OCH3 is 1. The highest BCUT2D eigenvalue weighted by Gasteiger charge is 2.20. The molecule has 0 amide bonds. The molecule has 0 aliphatic carbocycles. The predicted molar refractivity (Wildman–Crippen MR) is 73.2 cm³/mol. The first kappa shape index (κ1) is 16.1. The molecule has 0 aliphatic heterocycles. The number of rotatable bonds is 6. The standard InChI is InChI=1S/C15H19FN2O2/c1-10(2)6-14(15(19)20-3)18-9-11-4-5-13(16)7-12(11)8-17/h4-5,7,10,14,18H,6,9H2,1-3H3. The van der Waals surface area contributed by atoms with Crippen LogP contribution in [0, 0.1) is 23.1 Å². The number of carbonyl (C=O) groups excluding carboxylic acids is 1. The van der Waals surface area contributed by atoms with Crippen LogP contribution in [-0.2, 0) is 16.1 Å². The summed E-state index contributed by atoms with van der Waals surface area (Å²) in [5.74, 6) is -0.452. The average Bonchev–Trinajstić information content (AvgIpc) is 2.42. The molecule has 0 heterocycles. The Balaban J connectivity index is 2.77. The van der Waals surface area contributed by atoms with Crippen molar-refractivity contribution >= 4 is 5.97 Å². The molecule has 0 saturated carbocycles. The lowest BCUT2D eigenvalue weighted by Crippen LogP contribution is -2.38. The van der Waals surface area contributed by atoms with Crippen LogP contribution in [0.3, 0.4) is 0 Å². The predicted octanol–water partition coefficient (Wildman–Crippen LogP) is 2.37. The Labute approximate surface area is 118 Å². The van der Waals surface area contributed by atoms with Crippen molar-refractivity contribution < 1.29 is 13.9 Å². The normalized spacial score (nSPS) is 12.0. The van der Waals surface area contributed by atoms with Crippen LogP contribution in [0.4, 0.5) is 4.39 Å². The molecule has 108 valence electrons. The van der Waals surface area contributed by atoms with Crippen molar-refractivity contribution in [2.24, 2.45) is 5.92 Å². The fraction of sp³-hybridized carbons (Fsp3) is 0.467. The molecule has 1 unspecified atom stereocenters. The van der Waals surface area contributed by atoms with Crippen LogP contribution in [0.1, 0.15) is 31.4 Å². The maximum atomic E-state index is 13.0. The van der Waals surface area contributed by atoms with Gasteiger partial charge in [0.1, 0.15) is 11.9 Å². The molecule has 20 heavy (non-hydrogen) atoms. The highest BCUT2D eigenvalue weighted by Crippen LogP contribution is 2.12. The minimum atomic E-state index is -0.447. The number of nitrogens with one attached hydrogen (secondary N) is 1. The van der Waals surface area contributed by atoms with Gasteiger partial charge in [-0.15, -0.1) is 0 Å². The zero-order chi connectivity index (χ0) is 15.1. The Morgan fingerprint density at radius 3 is 2.75 bits per heavy atom. The second-order valence-electron chi connectivity index (χ2n) is 5.00. The lowest BCUT2D eigenvalue weighted by molar-refractivity contribution is -0.143. The van der Waals surface area contributed by atoms with Crippen LogP contribution in [0.25, 0.3) is 0 Å². The van der Waals surface area contributed by atoms with Gasteiger partial charge in [0.25, 0.3) is 0 Å². The van der Waals surface area contributed by atoms with Crippen molar-refractivity contribution in [3.63, 3.8) is 0 Å². The molecule has 0 fully saturated rings. The zero-order valence-electron chi connectivity index (χ0n) is 11.9. The molecular weight excluding hydrogens is 259 g/mol. The maximum absolute atomic E-state index is 13.0. The molecule has 0 aliphatic rings. The van der Waals surface area contributed by atoms with Gasteiger partial charge < -0.3 is 10.1 Å². The Hall–Kier alpha value is -1.93. The summed E-state index contributed by atoms with van der Waals surface area (Å²) in [5, 5.41) is 12.0. The van der Waals surface area contributed by atoms with Gasteiger partial charge >= 0.3 is 5.97 Å². The molecule has 1 aromatic carbocycles. The van der Waals surface area contributed by atoms with Crippen LogP contribution in [0.2, 0.25) is 0 Å². The van der Waals surface area contributed by atoms with Crippen molar-refractivity contribution in [1.29, 1.82) is 5.26 Å². The monoisotopic (exact) mass is 278 g/mol. The Morgan fingerprint density at radius 1 is 1.50 bits per heavy atom. The van der Waals surface area contributed by atoms with Crippen LogP contribution in [-0.4, -0.2) is 19.1 Å². The van der Waals surface area contributed by atoms with Crippen LogP contribution < -0.4 is 5.32 Å². The summed E-state index contributed by atoms with van der Waals surface area (Å²) in [6, 6.07) is 5.55. The van der Waals surface area contributed by atoms with Gasteiger partial charge in [-0.25, -0.2) is 4.39 Å². The van der Waals surface area contributed by atoms with Gasteiger partial charge in [0.15, 0.2) is 0 Å². The van der Waals surface area contributed by atoms with Crippen molar-refractivity contribution in [3.8, 4) is 6.07 Å². The van der Waals surface area contributed by atoms with Gasteiger partial charge in [-0.2, -0.15) is 5.26 Å². The SMILES string of the molecule is COC(=O)C(CC(C)C)NCc1ccc(F)cc1C#N. The molecule has 0 aromatic heterocycles.